The Kier molecular flexibility index (Phi) is 8.24. The quantitative estimate of drug-likeness (QED) is 0.170. The summed E-state index contributed by atoms with van der Waals surface area (Å²) in [6.45, 7) is 9.82. The first-order valence-electron chi connectivity index (χ1n) is 23.9. The number of fused-ring (bicyclic) bond motifs is 6. The van der Waals surface area contributed by atoms with Gasteiger partial charge < -0.3 is 4.90 Å². The Hall–Kier alpha value is -5.31. The van der Waals surface area contributed by atoms with Crippen LogP contribution in [0.5, 0.6) is 0 Å². The van der Waals surface area contributed by atoms with E-state index in [0.717, 1.165) is 23.7 Å². The van der Waals surface area contributed by atoms with Crippen molar-refractivity contribution < 1.29 is 0 Å². The Morgan fingerprint density at radius 2 is 0.905 bits per heavy atom. The number of nitrogens with zero attached hydrogens (tertiary/aromatic N) is 1. The van der Waals surface area contributed by atoms with Crippen LogP contribution in [0.2, 0.25) is 0 Å². The molecular formula is C61H57NS. The van der Waals surface area contributed by atoms with Crippen LogP contribution >= 0.6 is 11.8 Å². The molecule has 0 aromatic heterocycles. The summed E-state index contributed by atoms with van der Waals surface area (Å²) < 4.78 is 0. The number of anilines is 3. The third-order valence-electron chi connectivity index (χ3n) is 17.4. The maximum atomic E-state index is 2.62. The monoisotopic (exact) mass is 835 g/mol. The molecule has 2 heteroatoms. The molecular weight excluding hydrogens is 779 g/mol. The van der Waals surface area contributed by atoms with Gasteiger partial charge in [-0.2, -0.15) is 0 Å². The van der Waals surface area contributed by atoms with Gasteiger partial charge in [-0.05, 0) is 178 Å². The summed E-state index contributed by atoms with van der Waals surface area (Å²) in [4.78, 5) is 5.55. The van der Waals surface area contributed by atoms with Crippen LogP contribution in [0.3, 0.4) is 0 Å². The molecule has 0 N–H and O–H groups in total. The molecule has 1 spiro atoms. The molecule has 0 unspecified atom stereocenters. The number of rotatable bonds is 5. The Balaban J connectivity index is 1.05. The molecule has 0 amide bonds. The van der Waals surface area contributed by atoms with Gasteiger partial charge in [0.2, 0.25) is 0 Å². The van der Waals surface area contributed by atoms with E-state index >= 15 is 0 Å². The van der Waals surface area contributed by atoms with Gasteiger partial charge in [0.25, 0.3) is 0 Å². The molecule has 0 atom stereocenters. The first-order chi connectivity index (χ1) is 30.7. The lowest BCUT2D eigenvalue weighted by Gasteiger charge is -2.63. The average Bonchev–Trinajstić information content (AvgIpc) is 3.60. The zero-order valence-electron chi connectivity index (χ0n) is 37.2. The Morgan fingerprint density at radius 1 is 0.413 bits per heavy atom. The third kappa shape index (κ3) is 5.31. The molecule has 7 aliphatic rings. The SMILES string of the molecule is CC1(C)CCC(C)(C)c2cc(N(c3ccc4c(c3)Sc3ccccc3C43C4CC5CC(C4)CC3C5)c3ccc4c(c3)C(c3ccccc3)(c3ccccc3)c3ccccc3-4)ccc21. The molecule has 4 bridgehead atoms. The fraction of sp³-hybridized carbons (Fsp3) is 0.311. The van der Waals surface area contributed by atoms with Crippen molar-refractivity contribution in [3.63, 3.8) is 0 Å². The van der Waals surface area contributed by atoms with Crippen LogP contribution in [0.15, 0.2) is 174 Å². The number of hydrogen-bond acceptors (Lipinski definition) is 2. The van der Waals surface area contributed by atoms with Crippen molar-refractivity contribution in [1.82, 2.24) is 0 Å². The van der Waals surface area contributed by atoms with Gasteiger partial charge in [-0.25, -0.2) is 0 Å². The molecule has 4 fully saturated rings. The minimum atomic E-state index is -0.473. The first-order valence-corrected chi connectivity index (χ1v) is 24.7. The molecule has 312 valence electrons. The standard InChI is InChI=1S/C61H57NS/c1-58(2)29-30-59(3,4)55-37-46(24-27-51(55)58)62(47-25-28-53-57(38-47)63-56-22-14-13-21-52(56)61(53)43-32-39-31-40(34-43)35-44(61)33-39)45-23-26-49-48-19-11-12-20-50(48)60(54(49)36-45,41-15-7-5-8-16-41)42-17-9-6-10-18-42/h5-28,36-40,43-44H,29-35H2,1-4H3. The van der Waals surface area contributed by atoms with Crippen LogP contribution in [-0.4, -0.2) is 0 Å². The van der Waals surface area contributed by atoms with E-state index in [1.807, 2.05) is 11.8 Å². The molecule has 7 aromatic carbocycles. The van der Waals surface area contributed by atoms with Crippen LogP contribution in [0.1, 0.15) is 117 Å². The van der Waals surface area contributed by atoms with Crippen molar-refractivity contribution in [2.24, 2.45) is 23.7 Å². The van der Waals surface area contributed by atoms with Crippen LogP contribution in [0.4, 0.5) is 17.1 Å². The molecule has 14 rings (SSSR count). The summed E-state index contributed by atoms with van der Waals surface area (Å²) in [6, 6.07) is 63.8. The van der Waals surface area contributed by atoms with Gasteiger partial charge in [-0.15, -0.1) is 0 Å². The zero-order valence-corrected chi connectivity index (χ0v) is 38.0. The zero-order chi connectivity index (χ0) is 42.3. The summed E-state index contributed by atoms with van der Waals surface area (Å²) in [7, 11) is 0. The summed E-state index contributed by atoms with van der Waals surface area (Å²) in [6.07, 6.45) is 9.43. The molecule has 63 heavy (non-hydrogen) atoms. The Morgan fingerprint density at radius 3 is 1.57 bits per heavy atom. The average molecular weight is 836 g/mol. The molecule has 0 saturated heterocycles. The van der Waals surface area contributed by atoms with Crippen LogP contribution in [0.25, 0.3) is 11.1 Å². The van der Waals surface area contributed by atoms with E-state index in [-0.39, 0.29) is 16.2 Å². The predicted molar refractivity (Wildman–Crippen MR) is 262 cm³/mol. The van der Waals surface area contributed by atoms with Crippen molar-refractivity contribution in [2.45, 2.75) is 104 Å². The van der Waals surface area contributed by atoms with Gasteiger partial charge in [0.05, 0.1) is 5.41 Å². The molecule has 1 nitrogen and oxygen atoms in total. The highest BCUT2D eigenvalue weighted by molar-refractivity contribution is 7.99. The van der Waals surface area contributed by atoms with Gasteiger partial charge in [0.15, 0.2) is 0 Å². The highest BCUT2D eigenvalue weighted by Crippen LogP contribution is 2.69. The van der Waals surface area contributed by atoms with Crippen LogP contribution in [-0.2, 0) is 21.7 Å². The summed E-state index contributed by atoms with van der Waals surface area (Å²) in [5, 5.41) is 0. The van der Waals surface area contributed by atoms with Gasteiger partial charge in [0, 0.05) is 32.3 Å². The molecule has 0 radical (unpaired) electrons. The maximum Gasteiger partial charge on any atom is 0.0714 e. The van der Waals surface area contributed by atoms with Gasteiger partial charge >= 0.3 is 0 Å². The van der Waals surface area contributed by atoms with Crippen molar-refractivity contribution in [3.8, 4) is 11.1 Å². The molecule has 7 aromatic rings. The van der Waals surface area contributed by atoms with Crippen molar-refractivity contribution >= 4 is 28.8 Å². The van der Waals surface area contributed by atoms with Crippen molar-refractivity contribution in [3.05, 3.63) is 208 Å². The Labute approximate surface area is 379 Å². The normalized spacial score (nSPS) is 25.7. The second kappa shape index (κ2) is 13.6. The lowest BCUT2D eigenvalue weighted by Crippen LogP contribution is -2.57. The van der Waals surface area contributed by atoms with E-state index < -0.39 is 5.41 Å². The number of hydrogen-bond donors (Lipinski definition) is 0. The van der Waals surface area contributed by atoms with E-state index in [2.05, 4.69) is 196 Å². The van der Waals surface area contributed by atoms with E-state index in [4.69, 9.17) is 0 Å². The summed E-state index contributed by atoms with van der Waals surface area (Å²) in [5.74, 6) is 3.29. The summed E-state index contributed by atoms with van der Waals surface area (Å²) >= 11 is 2.02. The number of benzene rings is 7. The van der Waals surface area contributed by atoms with Gasteiger partial charge in [-0.3, -0.25) is 0 Å². The minimum absolute atomic E-state index is 0.0865. The third-order valence-corrected chi connectivity index (χ3v) is 18.6. The fourth-order valence-corrected chi connectivity index (χ4v) is 16.0. The smallest absolute Gasteiger partial charge is 0.0714 e. The lowest BCUT2D eigenvalue weighted by atomic mass is 9.42. The van der Waals surface area contributed by atoms with Crippen molar-refractivity contribution in [2.75, 3.05) is 4.90 Å². The van der Waals surface area contributed by atoms with Gasteiger partial charge in [0.1, 0.15) is 0 Å². The van der Waals surface area contributed by atoms with Crippen molar-refractivity contribution in [1.29, 1.82) is 0 Å². The van der Waals surface area contributed by atoms with Gasteiger partial charge in [-0.1, -0.05) is 161 Å². The first kappa shape index (κ1) is 38.2. The second-order valence-corrected chi connectivity index (χ2v) is 22.6. The second-order valence-electron chi connectivity index (χ2n) is 21.5. The molecule has 4 saturated carbocycles. The lowest BCUT2D eigenvalue weighted by molar-refractivity contribution is -0.0443. The maximum absolute atomic E-state index is 2.62. The minimum Gasteiger partial charge on any atom is -0.310 e. The summed E-state index contributed by atoms with van der Waals surface area (Å²) in [5.41, 5.74) is 17.7. The fourth-order valence-electron chi connectivity index (χ4n) is 14.8. The van der Waals surface area contributed by atoms with E-state index in [9.17, 15) is 0 Å². The highest BCUT2D eigenvalue weighted by Gasteiger charge is 2.60. The molecule has 1 heterocycles. The van der Waals surface area contributed by atoms with E-state index in [0.29, 0.717) is 0 Å². The predicted octanol–water partition coefficient (Wildman–Crippen LogP) is 16.1. The highest BCUT2D eigenvalue weighted by atomic mass is 32.2. The Bertz CT molecular complexity index is 2890. The molecule has 1 aliphatic heterocycles. The van der Waals surface area contributed by atoms with E-state index in [1.54, 1.807) is 11.1 Å². The largest absolute Gasteiger partial charge is 0.310 e. The van der Waals surface area contributed by atoms with E-state index in [1.165, 1.54) is 116 Å². The topological polar surface area (TPSA) is 3.24 Å². The molecule has 6 aliphatic carbocycles. The van der Waals surface area contributed by atoms with Crippen LogP contribution in [0, 0.1) is 23.7 Å². The van der Waals surface area contributed by atoms with Crippen LogP contribution < -0.4 is 4.90 Å².